The maximum atomic E-state index is 14.8. The van der Waals surface area contributed by atoms with E-state index in [4.69, 9.17) is 20.9 Å². The Labute approximate surface area is 271 Å². The highest BCUT2D eigenvalue weighted by molar-refractivity contribution is 5.87. The fourth-order valence-corrected chi connectivity index (χ4v) is 5.09. The number of rotatable bonds is 14. The molecule has 47 heavy (non-hydrogen) atoms. The van der Waals surface area contributed by atoms with Crippen molar-refractivity contribution in [3.05, 3.63) is 131 Å². The van der Waals surface area contributed by atoms with Crippen LogP contribution in [0.15, 0.2) is 103 Å². The SMILES string of the molecule is CC(COC(=O)/C=C/c1ccc(OC(F)(F)c2ccc(CCCC(F)(F)F)cc2)cc1)(Cc1ccc(N)cc1)Cc1ccc(N)cc1. The standard InChI is InChI=1S/C37H37F5N2O3/c1-35(23-28-6-15-31(43)16-7-28,24-29-8-17-32(44)18-9-29)25-46-34(45)21-12-27-10-19-33(20-11-27)47-37(41,42)30-13-4-26(5-14-30)3-2-22-36(38,39)40/h4-21H,2-3,22-25,43-44H2,1H3/b21-12+. The third kappa shape index (κ3) is 11.5. The highest BCUT2D eigenvalue weighted by Crippen LogP contribution is 2.33. The number of nitrogen functional groups attached to an aromatic ring is 2. The summed E-state index contributed by atoms with van der Waals surface area (Å²) in [6.07, 6.45) is -4.81. The van der Waals surface area contributed by atoms with E-state index in [2.05, 4.69) is 0 Å². The summed E-state index contributed by atoms with van der Waals surface area (Å²) < 4.78 is 77.2. The van der Waals surface area contributed by atoms with Crippen LogP contribution in [0.5, 0.6) is 5.75 Å². The molecule has 0 aromatic heterocycles. The van der Waals surface area contributed by atoms with Crippen molar-refractivity contribution in [3.8, 4) is 5.75 Å². The Kier molecular flexibility index (Phi) is 11.3. The lowest BCUT2D eigenvalue weighted by molar-refractivity contribution is -0.185. The van der Waals surface area contributed by atoms with Crippen LogP contribution in [0, 0.1) is 5.41 Å². The van der Waals surface area contributed by atoms with Crippen LogP contribution >= 0.6 is 0 Å². The molecule has 0 aliphatic rings. The average molecular weight is 653 g/mol. The van der Waals surface area contributed by atoms with Crippen molar-refractivity contribution in [1.29, 1.82) is 0 Å². The van der Waals surface area contributed by atoms with Gasteiger partial charge in [-0.1, -0.05) is 55.5 Å². The minimum Gasteiger partial charge on any atom is -0.462 e. The zero-order chi connectivity index (χ0) is 34.1. The van der Waals surface area contributed by atoms with Crippen LogP contribution < -0.4 is 16.2 Å². The first-order valence-electron chi connectivity index (χ1n) is 15.0. The van der Waals surface area contributed by atoms with Crippen molar-refractivity contribution in [2.24, 2.45) is 5.41 Å². The Morgan fingerprint density at radius 2 is 1.23 bits per heavy atom. The second-order valence-electron chi connectivity index (χ2n) is 11.9. The number of alkyl halides is 5. The fourth-order valence-electron chi connectivity index (χ4n) is 5.09. The molecule has 4 N–H and O–H groups in total. The highest BCUT2D eigenvalue weighted by Gasteiger charge is 2.34. The van der Waals surface area contributed by atoms with Gasteiger partial charge in [0.25, 0.3) is 0 Å². The highest BCUT2D eigenvalue weighted by atomic mass is 19.4. The lowest BCUT2D eigenvalue weighted by atomic mass is 9.79. The zero-order valence-corrected chi connectivity index (χ0v) is 25.9. The van der Waals surface area contributed by atoms with Gasteiger partial charge in [-0.15, -0.1) is 0 Å². The van der Waals surface area contributed by atoms with Gasteiger partial charge in [-0.25, -0.2) is 4.79 Å². The van der Waals surface area contributed by atoms with Crippen LogP contribution in [0.3, 0.4) is 0 Å². The summed E-state index contributed by atoms with van der Waals surface area (Å²) in [7, 11) is 0. The molecule has 0 aliphatic carbocycles. The minimum absolute atomic E-state index is 0.106. The summed E-state index contributed by atoms with van der Waals surface area (Å²) in [5, 5.41) is 0. The van der Waals surface area contributed by atoms with Crippen LogP contribution in [-0.4, -0.2) is 18.8 Å². The molecule has 0 radical (unpaired) electrons. The largest absolute Gasteiger partial charge is 0.462 e. The van der Waals surface area contributed by atoms with Gasteiger partial charge in [-0.05, 0) is 103 Å². The number of halogens is 5. The molecule has 10 heteroatoms. The maximum absolute atomic E-state index is 14.8. The Morgan fingerprint density at radius 3 is 1.74 bits per heavy atom. The molecule has 0 amide bonds. The molecule has 0 heterocycles. The van der Waals surface area contributed by atoms with E-state index in [1.54, 1.807) is 0 Å². The Balaban J connectivity index is 1.32. The van der Waals surface area contributed by atoms with Crippen LogP contribution in [0.1, 0.15) is 47.6 Å². The van der Waals surface area contributed by atoms with Crippen molar-refractivity contribution < 1.29 is 36.2 Å². The number of anilines is 2. The molecule has 4 aromatic carbocycles. The molecule has 4 rings (SSSR count). The average Bonchev–Trinajstić information content (AvgIpc) is 3.01. The monoisotopic (exact) mass is 652 g/mol. The summed E-state index contributed by atoms with van der Waals surface area (Å²) in [4.78, 5) is 12.7. The van der Waals surface area contributed by atoms with Crippen LogP contribution in [0.2, 0.25) is 0 Å². The smallest absolute Gasteiger partial charge is 0.426 e. The van der Waals surface area contributed by atoms with Gasteiger partial charge in [0.05, 0.1) is 12.2 Å². The number of aryl methyl sites for hydroxylation is 1. The van der Waals surface area contributed by atoms with E-state index in [0.717, 1.165) is 23.3 Å². The Hall–Kier alpha value is -4.86. The van der Waals surface area contributed by atoms with Crippen molar-refractivity contribution >= 4 is 23.4 Å². The van der Waals surface area contributed by atoms with E-state index in [0.29, 0.717) is 35.3 Å². The van der Waals surface area contributed by atoms with E-state index in [-0.39, 0.29) is 25.2 Å². The van der Waals surface area contributed by atoms with Crippen LogP contribution in [0.4, 0.5) is 33.3 Å². The summed E-state index contributed by atoms with van der Waals surface area (Å²) in [5.41, 5.74) is 15.3. The predicted molar refractivity (Wildman–Crippen MR) is 174 cm³/mol. The topological polar surface area (TPSA) is 87.6 Å². The summed E-state index contributed by atoms with van der Waals surface area (Å²) in [5.74, 6) is -0.662. The Morgan fingerprint density at radius 1 is 0.723 bits per heavy atom. The Bertz CT molecular complexity index is 1570. The van der Waals surface area contributed by atoms with Crippen molar-refractivity contribution in [2.75, 3.05) is 18.1 Å². The molecule has 0 spiro atoms. The lowest BCUT2D eigenvalue weighted by Crippen LogP contribution is -2.30. The third-order valence-corrected chi connectivity index (χ3v) is 7.54. The minimum atomic E-state index is -4.25. The van der Waals surface area contributed by atoms with E-state index in [1.165, 1.54) is 48.6 Å². The number of esters is 1. The molecule has 248 valence electrons. The maximum Gasteiger partial charge on any atom is 0.426 e. The first-order valence-corrected chi connectivity index (χ1v) is 15.0. The first kappa shape index (κ1) is 35.0. The number of benzene rings is 4. The van der Waals surface area contributed by atoms with Gasteiger partial charge in [-0.2, -0.15) is 22.0 Å². The molecule has 0 saturated carbocycles. The summed E-state index contributed by atoms with van der Waals surface area (Å²) in [6, 6.07) is 25.9. The van der Waals surface area contributed by atoms with Gasteiger partial charge in [0, 0.05) is 29.3 Å². The molecule has 0 fully saturated rings. The van der Waals surface area contributed by atoms with Gasteiger partial charge in [0.15, 0.2) is 0 Å². The second-order valence-corrected chi connectivity index (χ2v) is 11.9. The number of hydrogen-bond donors (Lipinski definition) is 2. The number of hydrogen-bond acceptors (Lipinski definition) is 5. The number of carbonyl (C=O) groups excluding carboxylic acids is 1. The number of carbonyl (C=O) groups is 1. The normalized spacial score (nSPS) is 12.3. The summed E-state index contributed by atoms with van der Waals surface area (Å²) >= 11 is 0. The van der Waals surface area contributed by atoms with Gasteiger partial charge >= 0.3 is 18.3 Å². The third-order valence-electron chi connectivity index (χ3n) is 7.54. The van der Waals surface area contributed by atoms with E-state index in [1.807, 2.05) is 55.5 Å². The second kappa shape index (κ2) is 15.2. The van der Waals surface area contributed by atoms with Crippen LogP contribution in [-0.2, 0) is 34.9 Å². The van der Waals surface area contributed by atoms with Gasteiger partial charge in [0.2, 0.25) is 0 Å². The van der Waals surface area contributed by atoms with E-state index < -0.39 is 35.7 Å². The molecular weight excluding hydrogens is 615 g/mol. The molecule has 0 unspecified atom stereocenters. The van der Waals surface area contributed by atoms with E-state index >= 15 is 0 Å². The molecule has 0 aliphatic heterocycles. The van der Waals surface area contributed by atoms with Gasteiger partial charge in [0.1, 0.15) is 5.75 Å². The fraction of sp³-hybridized carbons (Fsp3) is 0.270. The molecule has 0 saturated heterocycles. The van der Waals surface area contributed by atoms with Crippen molar-refractivity contribution in [2.45, 2.75) is 51.3 Å². The summed E-state index contributed by atoms with van der Waals surface area (Å²) in [6.45, 7) is 2.18. The zero-order valence-electron chi connectivity index (χ0n) is 25.9. The van der Waals surface area contributed by atoms with Crippen molar-refractivity contribution in [3.63, 3.8) is 0 Å². The lowest BCUT2D eigenvalue weighted by Gasteiger charge is -2.29. The number of nitrogens with two attached hydrogens (primary N) is 2. The molecular formula is C37H37F5N2O3. The molecule has 0 bridgehead atoms. The van der Waals surface area contributed by atoms with E-state index in [9.17, 15) is 26.7 Å². The molecule has 0 atom stereocenters. The number of ether oxygens (including phenoxy) is 2. The van der Waals surface area contributed by atoms with Crippen molar-refractivity contribution in [1.82, 2.24) is 0 Å². The molecule has 4 aromatic rings. The first-order chi connectivity index (χ1) is 22.2. The molecule has 5 nitrogen and oxygen atoms in total. The van der Waals surface area contributed by atoms with Crippen LogP contribution in [0.25, 0.3) is 6.08 Å². The van der Waals surface area contributed by atoms with Gasteiger partial charge < -0.3 is 20.9 Å². The quantitative estimate of drug-likeness (QED) is 0.0615. The van der Waals surface area contributed by atoms with Gasteiger partial charge in [-0.3, -0.25) is 0 Å². The predicted octanol–water partition coefficient (Wildman–Crippen LogP) is 8.91.